The van der Waals surface area contributed by atoms with Crippen LogP contribution >= 0.6 is 0 Å². The van der Waals surface area contributed by atoms with Crippen LogP contribution in [-0.2, 0) is 6.54 Å². The van der Waals surface area contributed by atoms with Crippen LogP contribution in [0.1, 0.15) is 18.4 Å². The van der Waals surface area contributed by atoms with E-state index in [0.29, 0.717) is 42.0 Å². The Bertz CT molecular complexity index is 1350. The molecule has 0 saturated carbocycles. The van der Waals surface area contributed by atoms with Crippen molar-refractivity contribution < 1.29 is 4.74 Å². The number of rotatable bonds is 7. The summed E-state index contributed by atoms with van der Waals surface area (Å²) in [7, 11) is 0. The van der Waals surface area contributed by atoms with Gasteiger partial charge < -0.3 is 15.8 Å². The first-order valence-corrected chi connectivity index (χ1v) is 11.8. The third-order valence-corrected chi connectivity index (χ3v) is 6.14. The number of piperidine rings is 1. The molecule has 0 amide bonds. The molecule has 2 aromatic carbocycles. The Hall–Kier alpha value is -4.04. The zero-order chi connectivity index (χ0) is 24.0. The summed E-state index contributed by atoms with van der Waals surface area (Å²) in [5, 5.41) is 7.91. The average molecular weight is 469 g/mol. The van der Waals surface area contributed by atoms with Gasteiger partial charge in [-0.2, -0.15) is 5.10 Å². The van der Waals surface area contributed by atoms with E-state index in [1.165, 1.54) is 10.7 Å². The summed E-state index contributed by atoms with van der Waals surface area (Å²) in [5.74, 6) is 1.86. The van der Waals surface area contributed by atoms with Crippen LogP contribution in [0.5, 0.6) is 5.75 Å². The first-order valence-electron chi connectivity index (χ1n) is 11.8. The summed E-state index contributed by atoms with van der Waals surface area (Å²) in [4.78, 5) is 21.5. The maximum Gasteiger partial charge on any atom is 0.267 e. The minimum atomic E-state index is -0.172. The molecule has 3 N–H and O–H groups in total. The number of nitrogen functional groups attached to an aromatic ring is 1. The van der Waals surface area contributed by atoms with Crippen molar-refractivity contribution in [2.24, 2.45) is 5.92 Å². The predicted molar refractivity (Wildman–Crippen MR) is 136 cm³/mol. The average Bonchev–Trinajstić information content (AvgIpc) is 2.90. The van der Waals surface area contributed by atoms with Crippen molar-refractivity contribution in [3.63, 3.8) is 0 Å². The first-order chi connectivity index (χ1) is 17.1. The molecule has 8 heteroatoms. The lowest BCUT2D eigenvalue weighted by molar-refractivity contribution is 0.214. The molecule has 0 aliphatic carbocycles. The zero-order valence-electron chi connectivity index (χ0n) is 19.4. The Kier molecular flexibility index (Phi) is 6.81. The second-order valence-electron chi connectivity index (χ2n) is 8.79. The van der Waals surface area contributed by atoms with Crippen molar-refractivity contribution in [2.45, 2.75) is 19.4 Å². The van der Waals surface area contributed by atoms with Gasteiger partial charge in [-0.1, -0.05) is 30.3 Å². The lowest BCUT2D eigenvalue weighted by Crippen LogP contribution is -2.30. The molecule has 1 aliphatic rings. The topological polar surface area (TPSA) is 108 Å². The number of nitrogens with zero attached hydrogens (tertiary/aromatic N) is 4. The molecule has 5 rings (SSSR count). The normalized spacial score (nSPS) is 14.1. The van der Waals surface area contributed by atoms with Gasteiger partial charge in [0.2, 0.25) is 0 Å². The van der Waals surface area contributed by atoms with Crippen LogP contribution in [0.4, 0.5) is 5.69 Å². The van der Waals surface area contributed by atoms with Crippen LogP contribution < -0.4 is 21.3 Å². The summed E-state index contributed by atoms with van der Waals surface area (Å²) in [5.41, 5.74) is 9.73. The molecule has 0 unspecified atom stereocenters. The first kappa shape index (κ1) is 22.7. The van der Waals surface area contributed by atoms with Crippen molar-refractivity contribution in [2.75, 3.05) is 25.4 Å². The molecule has 0 radical (unpaired) electrons. The number of benzene rings is 2. The lowest BCUT2D eigenvalue weighted by atomic mass is 9.99. The van der Waals surface area contributed by atoms with E-state index in [4.69, 9.17) is 10.5 Å². The molecule has 3 heterocycles. The van der Waals surface area contributed by atoms with Gasteiger partial charge in [-0.25, -0.2) is 14.6 Å². The smallest absolute Gasteiger partial charge is 0.267 e. The largest absolute Gasteiger partial charge is 0.490 e. The van der Waals surface area contributed by atoms with E-state index >= 15 is 0 Å². The van der Waals surface area contributed by atoms with Gasteiger partial charge in [-0.3, -0.25) is 4.79 Å². The van der Waals surface area contributed by atoms with Crippen LogP contribution in [0.25, 0.3) is 22.6 Å². The quantitative estimate of drug-likeness (QED) is 0.400. The van der Waals surface area contributed by atoms with E-state index in [1.54, 1.807) is 18.5 Å². The SMILES string of the molecule is Nc1cccc(-c2ccc(=O)n(Cc3cccc(-c4ncc(OCC5CCNCC5)cn4)c3)n2)c1. The maximum atomic E-state index is 12.5. The van der Waals surface area contributed by atoms with Crippen molar-refractivity contribution in [1.82, 2.24) is 25.1 Å². The summed E-state index contributed by atoms with van der Waals surface area (Å²) < 4.78 is 7.35. The Morgan fingerprint density at radius 3 is 2.54 bits per heavy atom. The van der Waals surface area contributed by atoms with Crippen molar-refractivity contribution in [3.05, 3.63) is 89.0 Å². The summed E-state index contributed by atoms with van der Waals surface area (Å²) in [6.45, 7) is 3.12. The third kappa shape index (κ3) is 5.73. The number of hydrogen-bond acceptors (Lipinski definition) is 7. The molecular formula is C27H28N6O2. The number of aromatic nitrogens is 4. The third-order valence-electron chi connectivity index (χ3n) is 6.14. The van der Waals surface area contributed by atoms with Gasteiger partial charge in [0.05, 0.1) is 31.2 Å². The monoisotopic (exact) mass is 468 g/mol. The van der Waals surface area contributed by atoms with Crippen LogP contribution in [0.3, 0.4) is 0 Å². The fourth-order valence-electron chi connectivity index (χ4n) is 4.20. The van der Waals surface area contributed by atoms with Gasteiger partial charge in [0.1, 0.15) is 0 Å². The second-order valence-corrected chi connectivity index (χ2v) is 8.79. The van der Waals surface area contributed by atoms with Gasteiger partial charge >= 0.3 is 0 Å². The van der Waals surface area contributed by atoms with Crippen LogP contribution in [0.2, 0.25) is 0 Å². The molecule has 8 nitrogen and oxygen atoms in total. The fourth-order valence-corrected chi connectivity index (χ4v) is 4.20. The highest BCUT2D eigenvalue weighted by Crippen LogP contribution is 2.21. The maximum absolute atomic E-state index is 12.5. The molecule has 2 aromatic heterocycles. The number of ether oxygens (including phenoxy) is 1. The standard InChI is InChI=1S/C27H28N6O2/c28-23-6-2-4-21(14-23)25-7-8-26(34)33(32-25)17-20-3-1-5-22(13-20)27-30-15-24(16-31-27)35-18-19-9-11-29-12-10-19/h1-8,13-16,19,29H,9-12,17-18,28H2. The van der Waals surface area contributed by atoms with Gasteiger partial charge in [-0.05, 0) is 61.7 Å². The number of hydrogen-bond donors (Lipinski definition) is 2. The Labute approximate surface area is 203 Å². The molecule has 4 aromatic rings. The van der Waals surface area contributed by atoms with Crippen LogP contribution in [0, 0.1) is 5.92 Å². The molecule has 0 spiro atoms. The fraction of sp³-hybridized carbons (Fsp3) is 0.259. The molecule has 178 valence electrons. The Morgan fingerprint density at radius 1 is 0.971 bits per heavy atom. The van der Waals surface area contributed by atoms with E-state index in [1.807, 2.05) is 48.5 Å². The van der Waals surface area contributed by atoms with Crippen LogP contribution in [0.15, 0.2) is 77.9 Å². The Morgan fingerprint density at radius 2 is 1.74 bits per heavy atom. The van der Waals surface area contributed by atoms with E-state index in [0.717, 1.165) is 42.6 Å². The van der Waals surface area contributed by atoms with E-state index in [9.17, 15) is 4.79 Å². The highest BCUT2D eigenvalue weighted by molar-refractivity contribution is 5.63. The van der Waals surface area contributed by atoms with Crippen molar-refractivity contribution >= 4 is 5.69 Å². The summed E-state index contributed by atoms with van der Waals surface area (Å²) in [6, 6.07) is 18.5. The predicted octanol–water partition coefficient (Wildman–Crippen LogP) is 3.38. The molecule has 1 fully saturated rings. The van der Waals surface area contributed by atoms with Gasteiger partial charge in [0.15, 0.2) is 11.6 Å². The van der Waals surface area contributed by atoms with Crippen molar-refractivity contribution in [1.29, 1.82) is 0 Å². The molecular weight excluding hydrogens is 440 g/mol. The molecule has 1 saturated heterocycles. The highest BCUT2D eigenvalue weighted by Gasteiger charge is 2.14. The summed E-state index contributed by atoms with van der Waals surface area (Å²) in [6.07, 6.45) is 5.70. The highest BCUT2D eigenvalue weighted by atomic mass is 16.5. The zero-order valence-corrected chi connectivity index (χ0v) is 19.4. The molecule has 35 heavy (non-hydrogen) atoms. The van der Waals surface area contributed by atoms with Gasteiger partial charge in [-0.15, -0.1) is 0 Å². The van der Waals surface area contributed by atoms with E-state index < -0.39 is 0 Å². The Balaban J connectivity index is 1.29. The van der Waals surface area contributed by atoms with Crippen molar-refractivity contribution in [3.8, 4) is 28.4 Å². The molecule has 1 aliphatic heterocycles. The number of nitrogens with two attached hydrogens (primary N) is 1. The molecule has 0 atom stereocenters. The molecule has 0 bridgehead atoms. The van der Waals surface area contributed by atoms with Gasteiger partial charge in [0.25, 0.3) is 5.56 Å². The minimum absolute atomic E-state index is 0.172. The summed E-state index contributed by atoms with van der Waals surface area (Å²) >= 11 is 0. The lowest BCUT2D eigenvalue weighted by Gasteiger charge is -2.22. The van der Waals surface area contributed by atoms with Crippen LogP contribution in [-0.4, -0.2) is 39.4 Å². The van der Waals surface area contributed by atoms with Gasteiger partial charge in [0, 0.05) is 22.9 Å². The number of nitrogens with one attached hydrogen (secondary N) is 1. The van der Waals surface area contributed by atoms with E-state index in [2.05, 4.69) is 20.4 Å². The minimum Gasteiger partial charge on any atom is -0.490 e. The second kappa shape index (κ2) is 10.5. The number of anilines is 1. The van der Waals surface area contributed by atoms with E-state index in [-0.39, 0.29) is 5.56 Å².